The highest BCUT2D eigenvalue weighted by Crippen LogP contribution is 2.24. The molecule has 0 aromatic heterocycles. The first-order chi connectivity index (χ1) is 9.67. The zero-order chi connectivity index (χ0) is 14.4. The molecule has 0 aromatic carbocycles. The number of hydrogen-bond donors (Lipinski definition) is 2. The smallest absolute Gasteiger partial charge is 0.0611 e. The summed E-state index contributed by atoms with van der Waals surface area (Å²) in [7, 11) is 0. The molecule has 20 heavy (non-hydrogen) atoms. The zero-order valence-electron chi connectivity index (χ0n) is 13.4. The van der Waals surface area contributed by atoms with E-state index in [1.807, 2.05) is 0 Å². The fourth-order valence-corrected chi connectivity index (χ4v) is 3.68. The minimum atomic E-state index is -0.114. The summed E-state index contributed by atoms with van der Waals surface area (Å²) in [5, 5.41) is 13.0. The topological polar surface area (TPSA) is 38.7 Å². The van der Waals surface area contributed by atoms with E-state index in [2.05, 4.69) is 29.0 Å². The SMILES string of the molecule is CCNC(C)(CO)CCN1CCN(C2CCCC2)CC1. The van der Waals surface area contributed by atoms with Crippen LogP contribution in [0.25, 0.3) is 0 Å². The molecule has 0 aromatic rings. The van der Waals surface area contributed by atoms with Crippen LogP contribution in [0.2, 0.25) is 0 Å². The van der Waals surface area contributed by atoms with Gasteiger partial charge in [0.2, 0.25) is 0 Å². The standard InChI is InChI=1S/C16H33N3O/c1-3-17-16(2,14-20)8-9-18-10-12-19(13-11-18)15-6-4-5-7-15/h15,17,20H,3-14H2,1-2H3. The molecule has 118 valence electrons. The highest BCUT2D eigenvalue weighted by Gasteiger charge is 2.27. The fraction of sp³-hybridized carbons (Fsp3) is 1.00. The molecule has 1 saturated carbocycles. The quantitative estimate of drug-likeness (QED) is 0.739. The highest BCUT2D eigenvalue weighted by atomic mass is 16.3. The van der Waals surface area contributed by atoms with Crippen molar-refractivity contribution in [3.05, 3.63) is 0 Å². The molecule has 1 aliphatic heterocycles. The number of likely N-dealkylation sites (N-methyl/N-ethyl adjacent to an activating group) is 1. The van der Waals surface area contributed by atoms with E-state index in [1.54, 1.807) is 0 Å². The van der Waals surface area contributed by atoms with Gasteiger partial charge in [-0.3, -0.25) is 4.90 Å². The van der Waals surface area contributed by atoms with Crippen LogP contribution in [0.4, 0.5) is 0 Å². The van der Waals surface area contributed by atoms with E-state index < -0.39 is 0 Å². The van der Waals surface area contributed by atoms with Gasteiger partial charge in [0.15, 0.2) is 0 Å². The average Bonchev–Trinajstić information content (AvgIpc) is 3.00. The summed E-state index contributed by atoms with van der Waals surface area (Å²) in [5.74, 6) is 0. The molecule has 2 N–H and O–H groups in total. The Balaban J connectivity index is 1.68. The first kappa shape index (κ1) is 16.2. The van der Waals surface area contributed by atoms with Crippen molar-refractivity contribution < 1.29 is 5.11 Å². The molecular formula is C16H33N3O. The second kappa shape index (κ2) is 7.74. The van der Waals surface area contributed by atoms with Gasteiger partial charge in [-0.05, 0) is 32.7 Å². The van der Waals surface area contributed by atoms with Gasteiger partial charge >= 0.3 is 0 Å². The molecule has 1 atom stereocenters. The van der Waals surface area contributed by atoms with Crippen molar-refractivity contribution >= 4 is 0 Å². The summed E-state index contributed by atoms with van der Waals surface area (Å²) < 4.78 is 0. The zero-order valence-corrected chi connectivity index (χ0v) is 13.4. The maximum atomic E-state index is 9.54. The summed E-state index contributed by atoms with van der Waals surface area (Å²) in [5.41, 5.74) is -0.114. The number of nitrogens with zero attached hydrogens (tertiary/aromatic N) is 2. The molecule has 1 aliphatic carbocycles. The third-order valence-corrected chi connectivity index (χ3v) is 5.18. The molecule has 1 unspecified atom stereocenters. The Morgan fingerprint density at radius 2 is 1.80 bits per heavy atom. The average molecular weight is 283 g/mol. The number of nitrogens with one attached hydrogen (secondary N) is 1. The maximum Gasteiger partial charge on any atom is 0.0611 e. The Morgan fingerprint density at radius 1 is 1.15 bits per heavy atom. The van der Waals surface area contributed by atoms with Crippen LogP contribution >= 0.6 is 0 Å². The molecule has 2 aliphatic rings. The van der Waals surface area contributed by atoms with Gasteiger partial charge in [-0.2, -0.15) is 0 Å². The largest absolute Gasteiger partial charge is 0.394 e. The van der Waals surface area contributed by atoms with Gasteiger partial charge < -0.3 is 15.3 Å². The summed E-state index contributed by atoms with van der Waals surface area (Å²) >= 11 is 0. The predicted molar refractivity (Wildman–Crippen MR) is 84.1 cm³/mol. The monoisotopic (exact) mass is 283 g/mol. The Morgan fingerprint density at radius 3 is 2.35 bits per heavy atom. The van der Waals surface area contributed by atoms with E-state index in [0.29, 0.717) is 0 Å². The van der Waals surface area contributed by atoms with E-state index >= 15 is 0 Å². The third kappa shape index (κ3) is 4.42. The van der Waals surface area contributed by atoms with Crippen LogP contribution in [-0.2, 0) is 0 Å². The van der Waals surface area contributed by atoms with Crippen molar-refractivity contribution in [1.29, 1.82) is 0 Å². The molecule has 0 spiro atoms. The van der Waals surface area contributed by atoms with Gasteiger partial charge in [0.1, 0.15) is 0 Å². The number of rotatable bonds is 7. The van der Waals surface area contributed by atoms with Crippen LogP contribution in [0.1, 0.15) is 46.0 Å². The Bertz CT molecular complexity index is 273. The summed E-state index contributed by atoms with van der Waals surface area (Å²) in [6.07, 6.45) is 6.73. The van der Waals surface area contributed by atoms with E-state index in [-0.39, 0.29) is 12.1 Å². The van der Waals surface area contributed by atoms with E-state index in [0.717, 1.165) is 25.6 Å². The molecule has 4 nitrogen and oxygen atoms in total. The van der Waals surface area contributed by atoms with Crippen LogP contribution < -0.4 is 5.32 Å². The Hall–Kier alpha value is -0.160. The second-order valence-corrected chi connectivity index (χ2v) is 6.81. The molecule has 0 bridgehead atoms. The summed E-state index contributed by atoms with van der Waals surface area (Å²) in [6, 6.07) is 0.876. The predicted octanol–water partition coefficient (Wildman–Crippen LogP) is 1.30. The minimum Gasteiger partial charge on any atom is -0.394 e. The highest BCUT2D eigenvalue weighted by molar-refractivity contribution is 4.86. The number of piperazine rings is 1. The van der Waals surface area contributed by atoms with Crippen molar-refractivity contribution in [3.8, 4) is 0 Å². The van der Waals surface area contributed by atoms with Crippen LogP contribution in [0.15, 0.2) is 0 Å². The number of aliphatic hydroxyl groups excluding tert-OH is 1. The molecule has 2 fully saturated rings. The first-order valence-electron chi connectivity index (χ1n) is 8.49. The van der Waals surface area contributed by atoms with Gasteiger partial charge in [-0.15, -0.1) is 0 Å². The van der Waals surface area contributed by atoms with E-state index in [9.17, 15) is 5.11 Å². The molecule has 1 saturated heterocycles. The summed E-state index contributed by atoms with van der Waals surface area (Å²) in [6.45, 7) is 11.4. The van der Waals surface area contributed by atoms with Crippen molar-refractivity contribution in [1.82, 2.24) is 15.1 Å². The second-order valence-electron chi connectivity index (χ2n) is 6.81. The lowest BCUT2D eigenvalue weighted by molar-refractivity contribution is 0.0838. The molecule has 0 radical (unpaired) electrons. The van der Waals surface area contributed by atoms with E-state index in [4.69, 9.17) is 0 Å². The molecular weight excluding hydrogens is 250 g/mol. The molecule has 0 amide bonds. The van der Waals surface area contributed by atoms with Crippen LogP contribution in [-0.4, -0.2) is 72.4 Å². The lowest BCUT2D eigenvalue weighted by Gasteiger charge is -2.39. The molecule has 4 heteroatoms. The minimum absolute atomic E-state index is 0.114. The fourth-order valence-electron chi connectivity index (χ4n) is 3.68. The van der Waals surface area contributed by atoms with Crippen LogP contribution in [0.3, 0.4) is 0 Å². The Kier molecular flexibility index (Phi) is 6.27. The van der Waals surface area contributed by atoms with Gasteiger partial charge in [0, 0.05) is 44.3 Å². The normalized spacial score (nSPS) is 25.9. The molecule has 1 heterocycles. The number of hydrogen-bond acceptors (Lipinski definition) is 4. The van der Waals surface area contributed by atoms with Crippen LogP contribution in [0, 0.1) is 0 Å². The van der Waals surface area contributed by atoms with Gasteiger partial charge in [-0.1, -0.05) is 19.8 Å². The van der Waals surface area contributed by atoms with E-state index in [1.165, 1.54) is 51.9 Å². The van der Waals surface area contributed by atoms with Gasteiger partial charge in [0.05, 0.1) is 6.61 Å². The summed E-state index contributed by atoms with van der Waals surface area (Å²) in [4.78, 5) is 5.27. The van der Waals surface area contributed by atoms with Gasteiger partial charge in [-0.25, -0.2) is 0 Å². The van der Waals surface area contributed by atoms with Crippen molar-refractivity contribution in [2.75, 3.05) is 45.9 Å². The first-order valence-corrected chi connectivity index (χ1v) is 8.49. The van der Waals surface area contributed by atoms with Crippen molar-refractivity contribution in [3.63, 3.8) is 0 Å². The van der Waals surface area contributed by atoms with Crippen molar-refractivity contribution in [2.45, 2.75) is 57.5 Å². The molecule has 2 rings (SSSR count). The lowest BCUT2D eigenvalue weighted by atomic mass is 9.98. The number of aliphatic hydroxyl groups is 1. The third-order valence-electron chi connectivity index (χ3n) is 5.18. The Labute approximate surface area is 124 Å². The van der Waals surface area contributed by atoms with Crippen LogP contribution in [0.5, 0.6) is 0 Å². The lowest BCUT2D eigenvalue weighted by Crippen LogP contribution is -2.52. The maximum absolute atomic E-state index is 9.54. The van der Waals surface area contributed by atoms with Crippen molar-refractivity contribution in [2.24, 2.45) is 0 Å². The van der Waals surface area contributed by atoms with Gasteiger partial charge in [0.25, 0.3) is 0 Å².